The van der Waals surface area contributed by atoms with E-state index in [4.69, 9.17) is 4.18 Å². The quantitative estimate of drug-likeness (QED) is 0.685. The van der Waals surface area contributed by atoms with E-state index in [1.807, 2.05) is 18.7 Å². The molecule has 14 heavy (non-hydrogen) atoms. The van der Waals surface area contributed by atoms with Gasteiger partial charge in [0.05, 0.1) is 6.61 Å². The molecule has 0 N–H and O–H groups in total. The monoisotopic (exact) mass is 220 g/mol. The van der Waals surface area contributed by atoms with Crippen molar-refractivity contribution in [1.82, 2.24) is 9.21 Å². The molecule has 1 heterocycles. The third kappa shape index (κ3) is 2.62. The average Bonchev–Trinajstić information content (AvgIpc) is 2.63. The third-order valence-corrected chi connectivity index (χ3v) is 3.17. The van der Waals surface area contributed by atoms with E-state index in [1.165, 1.54) is 10.5 Å². The van der Waals surface area contributed by atoms with Gasteiger partial charge in [-0.25, -0.2) is 4.31 Å². The van der Waals surface area contributed by atoms with E-state index in [2.05, 4.69) is 0 Å². The molecular formula is C8H16N2O3S. The lowest BCUT2D eigenvalue weighted by atomic mass is 10.5. The minimum absolute atomic E-state index is 0.235. The SMILES string of the molecule is CCCOS(=O)(=O)N1C=CN(CC)C1. The first kappa shape index (κ1) is 11.3. The van der Waals surface area contributed by atoms with E-state index >= 15 is 0 Å². The summed E-state index contributed by atoms with van der Waals surface area (Å²) in [5.74, 6) is 0. The van der Waals surface area contributed by atoms with E-state index < -0.39 is 10.3 Å². The molecule has 0 unspecified atom stereocenters. The van der Waals surface area contributed by atoms with Crippen molar-refractivity contribution in [2.75, 3.05) is 19.8 Å². The van der Waals surface area contributed by atoms with E-state index in [0.717, 1.165) is 6.54 Å². The number of nitrogens with zero attached hydrogens (tertiary/aromatic N) is 2. The molecule has 1 aliphatic rings. The average molecular weight is 220 g/mol. The standard InChI is InChI=1S/C8H16N2O3S/c1-3-7-13-14(11,12)10-6-5-9(4-2)8-10/h5-6H,3-4,7-8H2,1-2H3. The maximum Gasteiger partial charge on any atom is 0.363 e. The predicted molar refractivity (Wildman–Crippen MR) is 53.4 cm³/mol. The number of hydrogen-bond acceptors (Lipinski definition) is 4. The Bertz CT molecular complexity index is 300. The topological polar surface area (TPSA) is 49.9 Å². The van der Waals surface area contributed by atoms with Crippen molar-refractivity contribution in [2.45, 2.75) is 20.3 Å². The van der Waals surface area contributed by atoms with Crippen molar-refractivity contribution in [3.8, 4) is 0 Å². The molecule has 0 amide bonds. The van der Waals surface area contributed by atoms with Crippen LogP contribution in [0.1, 0.15) is 20.3 Å². The van der Waals surface area contributed by atoms with Crippen molar-refractivity contribution in [3.05, 3.63) is 12.4 Å². The molecule has 1 rings (SSSR count). The molecule has 0 atom stereocenters. The Morgan fingerprint density at radius 3 is 2.57 bits per heavy atom. The van der Waals surface area contributed by atoms with Crippen LogP contribution in [0.3, 0.4) is 0 Å². The molecule has 5 nitrogen and oxygen atoms in total. The Kier molecular flexibility index (Phi) is 3.77. The highest BCUT2D eigenvalue weighted by molar-refractivity contribution is 7.84. The van der Waals surface area contributed by atoms with Gasteiger partial charge in [0.1, 0.15) is 6.67 Å². The summed E-state index contributed by atoms with van der Waals surface area (Å²) < 4.78 is 28.9. The van der Waals surface area contributed by atoms with Gasteiger partial charge in [0.2, 0.25) is 0 Å². The zero-order valence-electron chi connectivity index (χ0n) is 8.51. The zero-order valence-corrected chi connectivity index (χ0v) is 9.33. The van der Waals surface area contributed by atoms with Gasteiger partial charge in [0.25, 0.3) is 0 Å². The molecule has 0 bridgehead atoms. The molecular weight excluding hydrogens is 204 g/mol. The Labute approximate surface area is 85.2 Å². The Balaban J connectivity index is 2.54. The highest BCUT2D eigenvalue weighted by Gasteiger charge is 2.23. The summed E-state index contributed by atoms with van der Waals surface area (Å²) in [5, 5.41) is 0. The fourth-order valence-electron chi connectivity index (χ4n) is 1.05. The van der Waals surface area contributed by atoms with Gasteiger partial charge in [-0.15, -0.1) is 0 Å². The van der Waals surface area contributed by atoms with Crippen LogP contribution >= 0.6 is 0 Å². The van der Waals surface area contributed by atoms with Crippen LogP contribution < -0.4 is 0 Å². The summed E-state index contributed by atoms with van der Waals surface area (Å²) in [6, 6.07) is 0. The van der Waals surface area contributed by atoms with Crippen LogP contribution in [0.25, 0.3) is 0 Å². The Morgan fingerprint density at radius 1 is 1.36 bits per heavy atom. The Morgan fingerprint density at radius 2 is 2.07 bits per heavy atom. The van der Waals surface area contributed by atoms with Gasteiger partial charge in [-0.3, -0.25) is 4.18 Å². The normalized spacial score (nSPS) is 16.7. The molecule has 0 radical (unpaired) electrons. The maximum absolute atomic E-state index is 11.5. The van der Waals surface area contributed by atoms with Crippen LogP contribution in [0.4, 0.5) is 0 Å². The second-order valence-corrected chi connectivity index (χ2v) is 4.57. The summed E-state index contributed by atoms with van der Waals surface area (Å²) in [4.78, 5) is 1.88. The van der Waals surface area contributed by atoms with E-state index in [9.17, 15) is 8.42 Å². The Hall–Kier alpha value is -0.750. The zero-order chi connectivity index (χ0) is 10.6. The van der Waals surface area contributed by atoms with Crippen LogP contribution in [-0.2, 0) is 14.5 Å². The van der Waals surface area contributed by atoms with Crippen molar-refractivity contribution >= 4 is 10.3 Å². The molecule has 1 aliphatic heterocycles. The largest absolute Gasteiger partial charge is 0.363 e. The highest BCUT2D eigenvalue weighted by atomic mass is 32.2. The lowest BCUT2D eigenvalue weighted by molar-refractivity contribution is 0.266. The molecule has 6 heteroatoms. The van der Waals surface area contributed by atoms with Gasteiger partial charge < -0.3 is 4.90 Å². The van der Waals surface area contributed by atoms with Crippen LogP contribution in [0, 0.1) is 0 Å². The van der Waals surface area contributed by atoms with Gasteiger partial charge in [0, 0.05) is 18.9 Å². The molecule has 0 spiro atoms. The fourth-order valence-corrected chi connectivity index (χ4v) is 2.05. The van der Waals surface area contributed by atoms with E-state index in [1.54, 1.807) is 6.20 Å². The number of hydrogen-bond donors (Lipinski definition) is 0. The summed E-state index contributed by atoms with van der Waals surface area (Å²) in [6.07, 6.45) is 3.95. The van der Waals surface area contributed by atoms with Gasteiger partial charge >= 0.3 is 10.3 Å². The van der Waals surface area contributed by atoms with Crippen molar-refractivity contribution in [3.63, 3.8) is 0 Å². The minimum atomic E-state index is -3.56. The second-order valence-electron chi connectivity index (χ2n) is 3.01. The first-order valence-corrected chi connectivity index (χ1v) is 6.05. The summed E-state index contributed by atoms with van der Waals surface area (Å²) in [6.45, 7) is 5.21. The molecule has 0 aromatic heterocycles. The first-order valence-electron chi connectivity index (χ1n) is 4.68. The summed E-state index contributed by atoms with van der Waals surface area (Å²) in [7, 11) is -3.56. The fraction of sp³-hybridized carbons (Fsp3) is 0.750. The molecule has 0 aliphatic carbocycles. The second kappa shape index (κ2) is 4.65. The molecule has 0 saturated heterocycles. The lowest BCUT2D eigenvalue weighted by Gasteiger charge is -2.18. The van der Waals surface area contributed by atoms with E-state index in [-0.39, 0.29) is 6.61 Å². The van der Waals surface area contributed by atoms with Crippen molar-refractivity contribution in [2.24, 2.45) is 0 Å². The third-order valence-electron chi connectivity index (χ3n) is 1.89. The molecule has 0 aromatic rings. The van der Waals surface area contributed by atoms with Crippen molar-refractivity contribution < 1.29 is 12.6 Å². The highest BCUT2D eigenvalue weighted by Crippen LogP contribution is 2.12. The predicted octanol–water partition coefficient (Wildman–Crippen LogP) is 0.724. The number of rotatable bonds is 5. The molecule has 0 saturated carbocycles. The van der Waals surface area contributed by atoms with Crippen molar-refractivity contribution in [1.29, 1.82) is 0 Å². The van der Waals surface area contributed by atoms with Gasteiger partial charge in [-0.2, -0.15) is 8.42 Å². The lowest BCUT2D eigenvalue weighted by Crippen LogP contribution is -2.31. The van der Waals surface area contributed by atoms with Crippen LogP contribution in [0.5, 0.6) is 0 Å². The molecule has 0 fully saturated rings. The maximum atomic E-state index is 11.5. The van der Waals surface area contributed by atoms with Crippen LogP contribution in [-0.4, -0.2) is 37.4 Å². The molecule has 0 aromatic carbocycles. The first-order chi connectivity index (χ1) is 6.60. The van der Waals surface area contributed by atoms with Crippen LogP contribution in [0.2, 0.25) is 0 Å². The van der Waals surface area contributed by atoms with Gasteiger partial charge in [-0.05, 0) is 13.3 Å². The summed E-state index contributed by atoms with van der Waals surface area (Å²) in [5.41, 5.74) is 0. The summed E-state index contributed by atoms with van der Waals surface area (Å²) >= 11 is 0. The van der Waals surface area contributed by atoms with Gasteiger partial charge in [0.15, 0.2) is 0 Å². The smallest absolute Gasteiger partial charge is 0.358 e. The van der Waals surface area contributed by atoms with Gasteiger partial charge in [-0.1, -0.05) is 6.92 Å². The molecule has 82 valence electrons. The van der Waals surface area contributed by atoms with Crippen LogP contribution in [0.15, 0.2) is 12.4 Å². The minimum Gasteiger partial charge on any atom is -0.358 e. The van der Waals surface area contributed by atoms with E-state index in [0.29, 0.717) is 13.1 Å².